The van der Waals surface area contributed by atoms with Crippen molar-refractivity contribution in [1.82, 2.24) is 4.98 Å². The van der Waals surface area contributed by atoms with E-state index < -0.39 is 5.91 Å². The fourth-order valence-corrected chi connectivity index (χ4v) is 4.15. The lowest BCUT2D eigenvalue weighted by molar-refractivity contribution is -0.148. The zero-order valence-electron chi connectivity index (χ0n) is 12.6. The Bertz CT molecular complexity index is 623. The van der Waals surface area contributed by atoms with Crippen LogP contribution in [0.3, 0.4) is 0 Å². The van der Waals surface area contributed by atoms with Crippen LogP contribution in [0.25, 0.3) is 0 Å². The van der Waals surface area contributed by atoms with Crippen molar-refractivity contribution in [3.05, 3.63) is 22.3 Å². The molecule has 0 aliphatic heterocycles. The van der Waals surface area contributed by atoms with Crippen LogP contribution in [0.4, 0.5) is 5.82 Å². The van der Waals surface area contributed by atoms with Gasteiger partial charge in [0, 0.05) is 12.6 Å². The zero-order chi connectivity index (χ0) is 16.4. The van der Waals surface area contributed by atoms with E-state index in [2.05, 4.69) is 10.3 Å². The van der Waals surface area contributed by atoms with E-state index in [9.17, 15) is 9.59 Å². The largest absolute Gasteiger partial charge is 0.456 e. The van der Waals surface area contributed by atoms with Crippen LogP contribution >= 0.6 is 23.2 Å². The highest BCUT2D eigenvalue weighted by atomic mass is 35.5. The molecule has 7 heteroatoms. The standard InChI is InChI=1S/C16H18Cl2N2O3/c17-12-6-13(18)16(19-7-12)20-14(21)8-23-15(22)5-11-4-9-1-2-10(11)3-9/h6-7,9-11H,1-5,8H2,(H,19,20,21)/t9-,10+,11+/m0/s1. The van der Waals surface area contributed by atoms with Gasteiger partial charge in [-0.15, -0.1) is 0 Å². The molecule has 124 valence electrons. The molecule has 0 aromatic carbocycles. The van der Waals surface area contributed by atoms with Crippen LogP contribution in [0.15, 0.2) is 12.3 Å². The summed E-state index contributed by atoms with van der Waals surface area (Å²) in [5.74, 6) is 1.30. The number of ether oxygens (including phenoxy) is 1. The predicted octanol–water partition coefficient (Wildman–Crippen LogP) is 3.70. The van der Waals surface area contributed by atoms with E-state index in [1.807, 2.05) is 0 Å². The lowest BCUT2D eigenvalue weighted by atomic mass is 9.86. The molecule has 2 aliphatic carbocycles. The van der Waals surface area contributed by atoms with E-state index in [1.54, 1.807) is 0 Å². The van der Waals surface area contributed by atoms with Gasteiger partial charge >= 0.3 is 5.97 Å². The number of anilines is 1. The molecule has 1 aromatic rings. The average molecular weight is 357 g/mol. The van der Waals surface area contributed by atoms with E-state index >= 15 is 0 Å². The SMILES string of the molecule is O=C(COC(=O)C[C@H]1C[C@H]2CC[C@@H]1C2)Nc1ncc(Cl)cc1Cl. The van der Waals surface area contributed by atoms with Crippen LogP contribution in [-0.4, -0.2) is 23.5 Å². The van der Waals surface area contributed by atoms with Crippen LogP contribution in [-0.2, 0) is 14.3 Å². The molecule has 1 aromatic heterocycles. The monoisotopic (exact) mass is 356 g/mol. The van der Waals surface area contributed by atoms with Crippen molar-refractivity contribution in [1.29, 1.82) is 0 Å². The van der Waals surface area contributed by atoms with Gasteiger partial charge in [-0.3, -0.25) is 9.59 Å². The third kappa shape index (κ3) is 4.15. The minimum absolute atomic E-state index is 0.199. The Labute approximate surface area is 144 Å². The van der Waals surface area contributed by atoms with Gasteiger partial charge < -0.3 is 10.1 Å². The maximum Gasteiger partial charge on any atom is 0.306 e. The van der Waals surface area contributed by atoms with Crippen molar-refractivity contribution in [3.8, 4) is 0 Å². The summed E-state index contributed by atoms with van der Waals surface area (Å²) in [6, 6.07) is 1.48. The third-order valence-electron chi connectivity index (χ3n) is 4.74. The van der Waals surface area contributed by atoms with Gasteiger partial charge in [0.05, 0.1) is 10.0 Å². The number of hydrogen-bond acceptors (Lipinski definition) is 4. The first-order chi connectivity index (χ1) is 11.0. The highest BCUT2D eigenvalue weighted by molar-refractivity contribution is 6.36. The summed E-state index contributed by atoms with van der Waals surface area (Å²) in [5, 5.41) is 3.11. The summed E-state index contributed by atoms with van der Waals surface area (Å²) in [6.07, 6.45) is 6.69. The molecule has 1 amide bonds. The minimum atomic E-state index is -0.469. The van der Waals surface area contributed by atoms with Crippen molar-refractivity contribution in [2.45, 2.75) is 32.1 Å². The highest BCUT2D eigenvalue weighted by Crippen LogP contribution is 2.49. The van der Waals surface area contributed by atoms with E-state index in [0.717, 1.165) is 12.3 Å². The minimum Gasteiger partial charge on any atom is -0.456 e. The van der Waals surface area contributed by atoms with E-state index in [1.165, 1.54) is 31.5 Å². The second kappa shape index (κ2) is 7.05. The van der Waals surface area contributed by atoms with Gasteiger partial charge in [-0.2, -0.15) is 0 Å². The molecule has 3 rings (SSSR count). The number of amides is 1. The molecule has 3 atom stereocenters. The number of carbonyl (C=O) groups is 2. The molecular weight excluding hydrogens is 339 g/mol. The number of nitrogens with one attached hydrogen (secondary N) is 1. The smallest absolute Gasteiger partial charge is 0.306 e. The molecule has 1 N–H and O–H groups in total. The first-order valence-electron chi connectivity index (χ1n) is 7.78. The van der Waals surface area contributed by atoms with Crippen LogP contribution in [0, 0.1) is 17.8 Å². The van der Waals surface area contributed by atoms with Crippen LogP contribution in [0.2, 0.25) is 10.0 Å². The molecule has 2 saturated carbocycles. The van der Waals surface area contributed by atoms with E-state index in [0.29, 0.717) is 23.3 Å². The first kappa shape index (κ1) is 16.5. The van der Waals surface area contributed by atoms with Gasteiger partial charge in [0.1, 0.15) is 0 Å². The number of carbonyl (C=O) groups excluding carboxylic acids is 2. The lowest BCUT2D eigenvalue weighted by Crippen LogP contribution is -2.23. The highest BCUT2D eigenvalue weighted by Gasteiger charge is 2.40. The molecule has 1 heterocycles. The second-order valence-electron chi connectivity index (χ2n) is 6.33. The zero-order valence-corrected chi connectivity index (χ0v) is 14.1. The fraction of sp³-hybridized carbons (Fsp3) is 0.562. The Morgan fingerprint density at radius 1 is 1.30 bits per heavy atom. The van der Waals surface area contributed by atoms with Crippen molar-refractivity contribution >= 4 is 40.9 Å². The lowest BCUT2D eigenvalue weighted by Gasteiger charge is -2.20. The normalized spacial score (nSPS) is 25.4. The van der Waals surface area contributed by atoms with Gasteiger partial charge in [0.2, 0.25) is 0 Å². The van der Waals surface area contributed by atoms with Crippen molar-refractivity contribution < 1.29 is 14.3 Å². The van der Waals surface area contributed by atoms with Gasteiger partial charge in [-0.1, -0.05) is 29.6 Å². The van der Waals surface area contributed by atoms with Crippen molar-refractivity contribution in [2.24, 2.45) is 17.8 Å². The molecule has 0 radical (unpaired) electrons. The van der Waals surface area contributed by atoms with Crippen molar-refractivity contribution in [3.63, 3.8) is 0 Å². The quantitative estimate of drug-likeness (QED) is 0.816. The van der Waals surface area contributed by atoms with Gasteiger partial charge in [0.25, 0.3) is 5.91 Å². The summed E-state index contributed by atoms with van der Waals surface area (Å²) in [7, 11) is 0. The Morgan fingerprint density at radius 3 is 2.78 bits per heavy atom. The molecule has 0 saturated heterocycles. The molecular formula is C16H18Cl2N2O3. The van der Waals surface area contributed by atoms with Crippen LogP contribution < -0.4 is 5.32 Å². The van der Waals surface area contributed by atoms with E-state index in [4.69, 9.17) is 27.9 Å². The molecule has 23 heavy (non-hydrogen) atoms. The van der Waals surface area contributed by atoms with Gasteiger partial charge in [0.15, 0.2) is 12.4 Å². The third-order valence-corrected chi connectivity index (χ3v) is 5.24. The Balaban J connectivity index is 1.42. The fourth-order valence-electron chi connectivity index (χ4n) is 3.72. The van der Waals surface area contributed by atoms with Crippen LogP contribution in [0.5, 0.6) is 0 Å². The predicted molar refractivity (Wildman–Crippen MR) is 87.4 cm³/mol. The van der Waals surface area contributed by atoms with Crippen LogP contribution in [0.1, 0.15) is 32.1 Å². The molecule has 0 unspecified atom stereocenters. The molecule has 2 aliphatic rings. The van der Waals surface area contributed by atoms with Gasteiger partial charge in [-0.05, 0) is 43.1 Å². The van der Waals surface area contributed by atoms with E-state index in [-0.39, 0.29) is 23.4 Å². The molecule has 2 fully saturated rings. The number of nitrogens with zero attached hydrogens (tertiary/aromatic N) is 1. The number of pyridine rings is 1. The number of rotatable bonds is 5. The number of fused-ring (bicyclic) bond motifs is 2. The maximum absolute atomic E-state index is 11.9. The summed E-state index contributed by atoms with van der Waals surface area (Å²) in [5.41, 5.74) is 0. The first-order valence-corrected chi connectivity index (χ1v) is 8.53. The van der Waals surface area contributed by atoms with Gasteiger partial charge in [-0.25, -0.2) is 4.98 Å². The number of hydrogen-bond donors (Lipinski definition) is 1. The second-order valence-corrected chi connectivity index (χ2v) is 7.18. The Kier molecular flexibility index (Phi) is 5.07. The molecule has 2 bridgehead atoms. The summed E-state index contributed by atoms with van der Waals surface area (Å²) < 4.78 is 5.06. The summed E-state index contributed by atoms with van der Waals surface area (Å²) in [6.45, 7) is -0.333. The summed E-state index contributed by atoms with van der Waals surface area (Å²) in [4.78, 5) is 27.6. The Hall–Kier alpha value is -1.33. The topological polar surface area (TPSA) is 68.3 Å². The average Bonchev–Trinajstić information content (AvgIpc) is 3.11. The number of halogens is 2. The maximum atomic E-state index is 11.9. The molecule has 0 spiro atoms. The summed E-state index contributed by atoms with van der Waals surface area (Å²) >= 11 is 11.7. The molecule has 5 nitrogen and oxygen atoms in total. The Morgan fingerprint density at radius 2 is 2.13 bits per heavy atom. The number of aromatic nitrogens is 1. The van der Waals surface area contributed by atoms with Crippen molar-refractivity contribution in [2.75, 3.05) is 11.9 Å². The number of esters is 1.